The first-order valence-electron chi connectivity index (χ1n) is 11.5. The van der Waals surface area contributed by atoms with Crippen LogP contribution in [0.15, 0.2) is 36.4 Å². The first-order valence-corrected chi connectivity index (χ1v) is 11.5. The van der Waals surface area contributed by atoms with Gasteiger partial charge < -0.3 is 19.4 Å². The molecule has 34 heavy (non-hydrogen) atoms. The molecule has 1 amide bonds. The molecule has 5 nitrogen and oxygen atoms in total. The molecule has 2 aliphatic rings. The lowest BCUT2D eigenvalue weighted by atomic mass is 9.92. The molecule has 1 aliphatic heterocycles. The molecule has 0 unspecified atom stereocenters. The number of rotatable bonds is 5. The van der Waals surface area contributed by atoms with Crippen molar-refractivity contribution in [2.24, 2.45) is 0 Å². The molecule has 3 aromatic rings. The van der Waals surface area contributed by atoms with Crippen molar-refractivity contribution < 1.29 is 27.4 Å². The van der Waals surface area contributed by atoms with Gasteiger partial charge in [0.05, 0.1) is 16.6 Å². The number of halogens is 3. The van der Waals surface area contributed by atoms with Crippen LogP contribution in [0.5, 0.6) is 11.5 Å². The molecule has 0 atom stereocenters. The Morgan fingerprint density at radius 1 is 1.09 bits per heavy atom. The summed E-state index contributed by atoms with van der Waals surface area (Å²) in [6.45, 7) is 9.20. The Balaban J connectivity index is 1.46. The molecule has 2 aromatic carbocycles. The van der Waals surface area contributed by atoms with Gasteiger partial charge in [0.2, 0.25) is 5.91 Å². The standard InChI is InChI=1S/C26H27F3N2O3/c1-5-10-31-19-14-17(27)18(11-15(19)12-22(31)24(2,3)4)30-23(32)25(8-9-25)16-6-7-20-21(13-16)34-26(28,29)33-20/h6-7,11-14H,5,8-10H2,1-4H3,(H,30,32). The van der Waals surface area contributed by atoms with Crippen LogP contribution >= 0.6 is 0 Å². The normalized spacial score (nSPS) is 17.7. The number of nitrogens with zero attached hydrogens (tertiary/aromatic N) is 1. The van der Waals surface area contributed by atoms with E-state index in [0.29, 0.717) is 18.4 Å². The first-order chi connectivity index (χ1) is 15.9. The lowest BCUT2D eigenvalue weighted by molar-refractivity contribution is -0.286. The minimum Gasteiger partial charge on any atom is -0.395 e. The largest absolute Gasteiger partial charge is 0.586 e. The minimum atomic E-state index is -3.72. The third kappa shape index (κ3) is 3.69. The molecule has 180 valence electrons. The Morgan fingerprint density at radius 2 is 1.79 bits per heavy atom. The number of fused-ring (bicyclic) bond motifs is 2. The molecule has 0 spiro atoms. The average molecular weight is 473 g/mol. The fraction of sp³-hybridized carbons (Fsp3) is 0.423. The number of carbonyl (C=O) groups is 1. The van der Waals surface area contributed by atoms with Crippen LogP contribution in [-0.2, 0) is 22.2 Å². The molecule has 5 rings (SSSR count). The number of nitrogens with one attached hydrogen (secondary N) is 1. The molecule has 1 aliphatic carbocycles. The van der Waals surface area contributed by atoms with E-state index in [2.05, 4.69) is 47.1 Å². The summed E-state index contributed by atoms with van der Waals surface area (Å²) < 4.78 is 53.0. The smallest absolute Gasteiger partial charge is 0.395 e. The summed E-state index contributed by atoms with van der Waals surface area (Å²) in [6, 6.07) is 9.54. The minimum absolute atomic E-state index is 0.0762. The molecular weight excluding hydrogens is 445 g/mol. The van der Waals surface area contributed by atoms with Gasteiger partial charge in [-0.25, -0.2) is 4.39 Å². The topological polar surface area (TPSA) is 52.5 Å². The second kappa shape index (κ2) is 7.42. The van der Waals surface area contributed by atoms with Crippen molar-refractivity contribution in [2.45, 2.75) is 70.6 Å². The summed E-state index contributed by atoms with van der Waals surface area (Å²) in [5, 5.41) is 3.60. The van der Waals surface area contributed by atoms with Crippen molar-refractivity contribution >= 4 is 22.5 Å². The molecule has 0 radical (unpaired) electrons. The van der Waals surface area contributed by atoms with E-state index < -0.39 is 17.5 Å². The molecule has 1 N–H and O–H groups in total. The number of aryl methyl sites for hydroxylation is 1. The predicted octanol–water partition coefficient (Wildman–Crippen LogP) is 6.48. The lowest BCUT2D eigenvalue weighted by Crippen LogP contribution is -2.28. The molecule has 1 saturated carbocycles. The van der Waals surface area contributed by atoms with Gasteiger partial charge in [-0.05, 0) is 49.1 Å². The highest BCUT2D eigenvalue weighted by Gasteiger charge is 2.53. The molecule has 2 heterocycles. The van der Waals surface area contributed by atoms with E-state index in [-0.39, 0.29) is 28.5 Å². The van der Waals surface area contributed by atoms with Gasteiger partial charge in [-0.15, -0.1) is 8.78 Å². The predicted molar refractivity (Wildman–Crippen MR) is 123 cm³/mol. The van der Waals surface area contributed by atoms with Gasteiger partial charge in [0, 0.05) is 29.1 Å². The van der Waals surface area contributed by atoms with Crippen LogP contribution in [0.4, 0.5) is 18.9 Å². The quantitative estimate of drug-likeness (QED) is 0.462. The Morgan fingerprint density at radius 3 is 2.44 bits per heavy atom. The van der Waals surface area contributed by atoms with Crippen molar-refractivity contribution in [3.05, 3.63) is 53.5 Å². The second-order valence-corrected chi connectivity index (χ2v) is 10.2. The molecule has 0 saturated heterocycles. The van der Waals surface area contributed by atoms with Crippen LogP contribution in [0, 0.1) is 5.82 Å². The Kier molecular flexibility index (Phi) is 4.94. The third-order valence-corrected chi connectivity index (χ3v) is 6.59. The van der Waals surface area contributed by atoms with Crippen molar-refractivity contribution in [1.29, 1.82) is 0 Å². The van der Waals surface area contributed by atoms with Gasteiger partial charge >= 0.3 is 6.29 Å². The van der Waals surface area contributed by atoms with Crippen molar-refractivity contribution in [3.8, 4) is 11.5 Å². The summed E-state index contributed by atoms with van der Waals surface area (Å²) in [5.41, 5.74) is 1.49. The molecular formula is C26H27F3N2O3. The summed E-state index contributed by atoms with van der Waals surface area (Å²) >= 11 is 0. The van der Waals surface area contributed by atoms with Crippen LogP contribution in [0.2, 0.25) is 0 Å². The maximum Gasteiger partial charge on any atom is 0.586 e. The highest BCUT2D eigenvalue weighted by molar-refractivity contribution is 6.02. The highest BCUT2D eigenvalue weighted by Crippen LogP contribution is 2.52. The Labute approximate surface area is 195 Å². The van der Waals surface area contributed by atoms with E-state index >= 15 is 4.39 Å². The van der Waals surface area contributed by atoms with E-state index in [4.69, 9.17) is 0 Å². The Bertz CT molecular complexity index is 1300. The van der Waals surface area contributed by atoms with E-state index in [1.807, 2.05) is 6.07 Å². The Hall–Kier alpha value is -3.16. The van der Waals surface area contributed by atoms with Gasteiger partial charge in [0.25, 0.3) is 0 Å². The van der Waals surface area contributed by atoms with Crippen molar-refractivity contribution in [3.63, 3.8) is 0 Å². The number of amides is 1. The zero-order valence-corrected chi connectivity index (χ0v) is 19.6. The van der Waals surface area contributed by atoms with E-state index in [9.17, 15) is 13.6 Å². The monoisotopic (exact) mass is 472 g/mol. The number of aromatic nitrogens is 1. The number of carbonyl (C=O) groups excluding carboxylic acids is 1. The lowest BCUT2D eigenvalue weighted by Gasteiger charge is -2.22. The fourth-order valence-electron chi connectivity index (χ4n) is 4.73. The van der Waals surface area contributed by atoms with Gasteiger partial charge in [0.1, 0.15) is 5.82 Å². The van der Waals surface area contributed by atoms with Crippen LogP contribution in [0.25, 0.3) is 10.9 Å². The van der Waals surface area contributed by atoms with Crippen molar-refractivity contribution in [2.75, 3.05) is 5.32 Å². The number of hydrogen-bond acceptors (Lipinski definition) is 3. The molecule has 0 bridgehead atoms. The van der Waals surface area contributed by atoms with Gasteiger partial charge in [-0.1, -0.05) is 33.8 Å². The van der Waals surface area contributed by atoms with Crippen LogP contribution in [0.1, 0.15) is 58.2 Å². The van der Waals surface area contributed by atoms with Crippen molar-refractivity contribution in [1.82, 2.24) is 4.57 Å². The molecule has 8 heteroatoms. The maximum atomic E-state index is 15.1. The van der Waals surface area contributed by atoms with E-state index in [1.54, 1.807) is 12.1 Å². The molecule has 1 aromatic heterocycles. The summed E-state index contributed by atoms with van der Waals surface area (Å²) in [7, 11) is 0. The van der Waals surface area contributed by atoms with Gasteiger partial charge in [0.15, 0.2) is 11.5 Å². The number of ether oxygens (including phenoxy) is 2. The summed E-state index contributed by atoms with van der Waals surface area (Å²) in [4.78, 5) is 13.2. The number of benzene rings is 2. The van der Waals surface area contributed by atoms with Crippen LogP contribution < -0.4 is 14.8 Å². The third-order valence-electron chi connectivity index (χ3n) is 6.59. The van der Waals surface area contributed by atoms with Crippen LogP contribution in [-0.4, -0.2) is 16.8 Å². The van der Waals surface area contributed by atoms with E-state index in [1.165, 1.54) is 18.2 Å². The number of alkyl halides is 2. The zero-order chi connectivity index (χ0) is 24.5. The van der Waals surface area contributed by atoms with Gasteiger partial charge in [-0.2, -0.15) is 0 Å². The maximum absolute atomic E-state index is 15.1. The number of hydrogen-bond donors (Lipinski definition) is 1. The summed E-state index contributed by atoms with van der Waals surface area (Å²) in [6.07, 6.45) is -1.75. The first kappa shape index (κ1) is 22.6. The second-order valence-electron chi connectivity index (χ2n) is 10.2. The van der Waals surface area contributed by atoms with E-state index in [0.717, 1.165) is 29.6 Å². The molecule has 1 fully saturated rings. The fourth-order valence-corrected chi connectivity index (χ4v) is 4.73. The van der Waals surface area contributed by atoms with Crippen LogP contribution in [0.3, 0.4) is 0 Å². The highest BCUT2D eigenvalue weighted by atomic mass is 19.3. The van der Waals surface area contributed by atoms with Gasteiger partial charge in [-0.3, -0.25) is 4.79 Å². The average Bonchev–Trinajstić information content (AvgIpc) is 3.39. The number of anilines is 1. The summed E-state index contributed by atoms with van der Waals surface area (Å²) in [5.74, 6) is -1.08. The zero-order valence-electron chi connectivity index (χ0n) is 19.6. The SMILES string of the molecule is CCCn1c(C(C)(C)C)cc2cc(NC(=O)C3(c4ccc5c(c4)OC(F)(F)O5)CC3)c(F)cc21.